The van der Waals surface area contributed by atoms with Gasteiger partial charge in [0.25, 0.3) is 0 Å². The first-order chi connectivity index (χ1) is 12.6. The van der Waals surface area contributed by atoms with Gasteiger partial charge in [0, 0.05) is 30.8 Å². The molecule has 138 valence electrons. The van der Waals surface area contributed by atoms with Crippen molar-refractivity contribution in [1.29, 1.82) is 0 Å². The van der Waals surface area contributed by atoms with E-state index in [1.165, 1.54) is 43.4 Å². The summed E-state index contributed by atoms with van der Waals surface area (Å²) in [4.78, 5) is 5.02. The zero-order valence-electron chi connectivity index (χ0n) is 16.1. The molecule has 1 saturated heterocycles. The average molecular weight is 350 g/mol. The number of hydrogen-bond acceptors (Lipinski definition) is 3. The fourth-order valence-electron chi connectivity index (χ4n) is 4.99. The second-order valence-electron chi connectivity index (χ2n) is 8.38. The summed E-state index contributed by atoms with van der Waals surface area (Å²) in [5.74, 6) is 0. The monoisotopic (exact) mass is 349 g/mol. The van der Waals surface area contributed by atoms with Gasteiger partial charge in [-0.15, -0.1) is 0 Å². The largest absolute Gasteiger partial charge is 0.300 e. The molecule has 1 spiro atoms. The molecule has 0 unspecified atom stereocenters. The maximum absolute atomic E-state index is 3.88. The molecule has 1 aliphatic carbocycles. The van der Waals surface area contributed by atoms with Crippen LogP contribution >= 0.6 is 0 Å². The second-order valence-corrected chi connectivity index (χ2v) is 8.38. The van der Waals surface area contributed by atoms with E-state index in [1.807, 2.05) is 0 Å². The van der Waals surface area contributed by atoms with E-state index in [9.17, 15) is 0 Å². The topological polar surface area (TPSA) is 18.5 Å². The molecule has 0 aromatic heterocycles. The Morgan fingerprint density at radius 3 is 2.12 bits per heavy atom. The lowest BCUT2D eigenvalue weighted by molar-refractivity contribution is 0.0616. The molecule has 0 atom stereocenters. The van der Waals surface area contributed by atoms with Crippen molar-refractivity contribution in [2.45, 2.75) is 43.3 Å². The number of hydrogen-bond donors (Lipinski definition) is 1. The van der Waals surface area contributed by atoms with E-state index in [0.29, 0.717) is 5.54 Å². The lowest BCUT2D eigenvalue weighted by Gasteiger charge is -2.49. The molecule has 2 aromatic carbocycles. The van der Waals surface area contributed by atoms with Crippen LogP contribution in [-0.4, -0.2) is 42.6 Å². The lowest BCUT2D eigenvalue weighted by Crippen LogP contribution is -2.53. The van der Waals surface area contributed by atoms with Gasteiger partial charge in [-0.3, -0.25) is 15.1 Å². The number of rotatable bonds is 4. The fourth-order valence-corrected chi connectivity index (χ4v) is 4.99. The fraction of sp³-hybridized carbons (Fsp3) is 0.478. The molecule has 0 amide bonds. The van der Waals surface area contributed by atoms with Crippen molar-refractivity contribution in [3.05, 3.63) is 71.8 Å². The summed E-state index contributed by atoms with van der Waals surface area (Å²) >= 11 is 0. The van der Waals surface area contributed by atoms with Crippen LogP contribution in [0, 0.1) is 0 Å². The van der Waals surface area contributed by atoms with Crippen LogP contribution in [-0.2, 0) is 12.1 Å². The van der Waals surface area contributed by atoms with Gasteiger partial charge in [0.05, 0.1) is 0 Å². The van der Waals surface area contributed by atoms with Crippen molar-refractivity contribution >= 4 is 0 Å². The summed E-state index contributed by atoms with van der Waals surface area (Å²) in [6.45, 7) is 3.22. The molecule has 2 aromatic rings. The molecule has 0 bridgehead atoms. The van der Waals surface area contributed by atoms with E-state index in [4.69, 9.17) is 0 Å². The Labute approximate surface area is 158 Å². The highest BCUT2D eigenvalue weighted by Gasteiger charge is 2.47. The summed E-state index contributed by atoms with van der Waals surface area (Å²) in [5, 5.41) is 3.88. The summed E-state index contributed by atoms with van der Waals surface area (Å²) in [6.07, 6.45) is 4.92. The molecule has 2 aliphatic rings. The minimum Gasteiger partial charge on any atom is -0.300 e. The molecule has 3 nitrogen and oxygen atoms in total. The zero-order valence-corrected chi connectivity index (χ0v) is 16.1. The van der Waals surface area contributed by atoms with Gasteiger partial charge < -0.3 is 0 Å². The Kier molecular flexibility index (Phi) is 4.87. The Hall–Kier alpha value is -1.68. The van der Waals surface area contributed by atoms with E-state index < -0.39 is 0 Å². The molecule has 0 radical (unpaired) electrons. The summed E-state index contributed by atoms with van der Waals surface area (Å²) in [7, 11) is 4.49. The van der Waals surface area contributed by atoms with Crippen LogP contribution in [0.1, 0.15) is 36.8 Å². The third-order valence-electron chi connectivity index (χ3n) is 6.65. The van der Waals surface area contributed by atoms with Crippen LogP contribution in [0.4, 0.5) is 0 Å². The maximum Gasteiger partial charge on any atom is 0.0489 e. The highest BCUT2D eigenvalue weighted by atomic mass is 15.3. The van der Waals surface area contributed by atoms with Crippen LogP contribution in [0.3, 0.4) is 0 Å². The standard InChI is InChI=1S/C23H31N3/c1-25(2)23(21-11-7-4-8-12-21)15-13-22(14-16-23)18-26(19-24-22)17-20-9-5-3-6-10-20/h3-12,24H,13-19H2,1-2H3/t22-,23-. The lowest BCUT2D eigenvalue weighted by atomic mass is 9.69. The van der Waals surface area contributed by atoms with Crippen LogP contribution < -0.4 is 5.32 Å². The van der Waals surface area contributed by atoms with E-state index in [2.05, 4.69) is 89.9 Å². The van der Waals surface area contributed by atoms with Crippen LogP contribution in [0.2, 0.25) is 0 Å². The van der Waals surface area contributed by atoms with Crippen molar-refractivity contribution in [3.8, 4) is 0 Å². The first-order valence-corrected chi connectivity index (χ1v) is 9.86. The quantitative estimate of drug-likeness (QED) is 0.905. The molecule has 4 rings (SSSR count). The first kappa shape index (κ1) is 17.7. The molecule has 1 heterocycles. The van der Waals surface area contributed by atoms with Crippen molar-refractivity contribution < 1.29 is 0 Å². The second kappa shape index (κ2) is 7.15. The third kappa shape index (κ3) is 3.32. The molecule has 1 saturated carbocycles. The van der Waals surface area contributed by atoms with Gasteiger partial charge in [-0.25, -0.2) is 0 Å². The Balaban J connectivity index is 1.44. The summed E-state index contributed by atoms with van der Waals surface area (Å²) in [5.41, 5.74) is 3.36. The van der Waals surface area contributed by atoms with Crippen molar-refractivity contribution in [2.75, 3.05) is 27.3 Å². The van der Waals surface area contributed by atoms with Gasteiger partial charge in [0.2, 0.25) is 0 Å². The Morgan fingerprint density at radius 1 is 0.885 bits per heavy atom. The van der Waals surface area contributed by atoms with Gasteiger partial charge in [-0.05, 0) is 50.9 Å². The average Bonchev–Trinajstić information content (AvgIpc) is 3.06. The highest BCUT2D eigenvalue weighted by Crippen LogP contribution is 2.45. The SMILES string of the molecule is CN(C)[C@]1(c2ccccc2)CC[C@@]2(CC1)CN(Cc1ccccc1)CN2. The van der Waals surface area contributed by atoms with E-state index in [-0.39, 0.29) is 5.54 Å². The van der Waals surface area contributed by atoms with E-state index in [0.717, 1.165) is 13.2 Å². The highest BCUT2D eigenvalue weighted by molar-refractivity contribution is 5.26. The van der Waals surface area contributed by atoms with Crippen molar-refractivity contribution in [1.82, 2.24) is 15.1 Å². The van der Waals surface area contributed by atoms with Gasteiger partial charge >= 0.3 is 0 Å². The van der Waals surface area contributed by atoms with E-state index in [1.54, 1.807) is 0 Å². The number of benzene rings is 2. The number of nitrogens with zero attached hydrogens (tertiary/aromatic N) is 2. The van der Waals surface area contributed by atoms with Crippen LogP contribution in [0.5, 0.6) is 0 Å². The molecule has 1 aliphatic heterocycles. The molecule has 1 N–H and O–H groups in total. The third-order valence-corrected chi connectivity index (χ3v) is 6.65. The molecular weight excluding hydrogens is 318 g/mol. The van der Waals surface area contributed by atoms with Gasteiger partial charge in [0.15, 0.2) is 0 Å². The molecule has 3 heteroatoms. The molecule has 2 fully saturated rings. The minimum atomic E-state index is 0.182. The maximum atomic E-state index is 3.88. The van der Waals surface area contributed by atoms with E-state index >= 15 is 0 Å². The van der Waals surface area contributed by atoms with Gasteiger partial charge in [0.1, 0.15) is 0 Å². The van der Waals surface area contributed by atoms with Crippen molar-refractivity contribution in [3.63, 3.8) is 0 Å². The molecule has 26 heavy (non-hydrogen) atoms. The van der Waals surface area contributed by atoms with Crippen LogP contribution in [0.15, 0.2) is 60.7 Å². The van der Waals surface area contributed by atoms with Gasteiger partial charge in [-0.2, -0.15) is 0 Å². The van der Waals surface area contributed by atoms with Crippen molar-refractivity contribution in [2.24, 2.45) is 0 Å². The first-order valence-electron chi connectivity index (χ1n) is 9.86. The molecular formula is C23H31N3. The Morgan fingerprint density at radius 2 is 1.50 bits per heavy atom. The normalized spacial score (nSPS) is 29.5. The minimum absolute atomic E-state index is 0.182. The summed E-state index contributed by atoms with van der Waals surface area (Å²) < 4.78 is 0. The smallest absolute Gasteiger partial charge is 0.0489 e. The van der Waals surface area contributed by atoms with Crippen LogP contribution in [0.25, 0.3) is 0 Å². The Bertz CT molecular complexity index is 703. The summed E-state index contributed by atoms with van der Waals surface area (Å²) in [6, 6.07) is 21.9. The predicted octanol–water partition coefficient (Wildman–Crippen LogP) is 3.82. The zero-order chi connectivity index (χ0) is 18.0. The van der Waals surface area contributed by atoms with Gasteiger partial charge in [-0.1, -0.05) is 60.7 Å². The predicted molar refractivity (Wildman–Crippen MR) is 108 cm³/mol. The number of nitrogens with one attached hydrogen (secondary N) is 1.